The van der Waals surface area contributed by atoms with E-state index in [0.717, 1.165) is 22.3 Å². The number of aryl methyl sites for hydroxylation is 1. The van der Waals surface area contributed by atoms with Gasteiger partial charge in [-0.1, -0.05) is 71.4 Å². The number of aliphatic carboxylic acids is 1. The highest BCUT2D eigenvalue weighted by Gasteiger charge is 2.19. The molecule has 0 aliphatic rings. The van der Waals surface area contributed by atoms with Crippen molar-refractivity contribution in [2.24, 2.45) is 0 Å². The molecule has 5 rings (SSSR count). The van der Waals surface area contributed by atoms with Crippen LogP contribution in [0.2, 0.25) is 0 Å². The van der Waals surface area contributed by atoms with Gasteiger partial charge in [0.15, 0.2) is 0 Å². The predicted octanol–water partition coefficient (Wildman–Crippen LogP) is 5.69. The zero-order valence-electron chi connectivity index (χ0n) is 21.2. The van der Waals surface area contributed by atoms with E-state index in [-0.39, 0.29) is 6.54 Å². The number of carbonyl (C=O) groups is 2. The minimum atomic E-state index is -1.10. The molecule has 1 heterocycles. The topological polar surface area (TPSA) is 123 Å². The Morgan fingerprint density at radius 2 is 1.36 bits per heavy atom. The van der Waals surface area contributed by atoms with Gasteiger partial charge in [0.05, 0.1) is 0 Å². The van der Waals surface area contributed by atoms with Gasteiger partial charge in [-0.25, -0.2) is 0 Å². The molecule has 0 bridgehead atoms. The number of aromatic nitrogens is 2. The van der Waals surface area contributed by atoms with Gasteiger partial charge in [0.25, 0.3) is 11.8 Å². The standard InChI is InChI=1S/C31H26N4O4/c1-20-2-6-22(7-3-20)23-10-12-24(13-11-23)29-33-30(39-34-29)25-8-4-21(5-9-25)18-35(19-28(36)37)31(38)26-14-16-27(32)17-15-26/h2-17H,18-19,32H2,1H3,(H,36,37). The first-order chi connectivity index (χ1) is 18.9. The van der Waals surface area contributed by atoms with Crippen LogP contribution in [-0.2, 0) is 11.3 Å². The van der Waals surface area contributed by atoms with Gasteiger partial charge in [0, 0.05) is 28.9 Å². The first-order valence-corrected chi connectivity index (χ1v) is 12.3. The molecule has 8 heteroatoms. The lowest BCUT2D eigenvalue weighted by Gasteiger charge is -2.21. The van der Waals surface area contributed by atoms with E-state index in [1.54, 1.807) is 48.5 Å². The monoisotopic (exact) mass is 518 g/mol. The SMILES string of the molecule is Cc1ccc(-c2ccc(-c3noc(-c4ccc(CN(CC(=O)O)C(=O)c5ccc(N)cc5)cc4)n3)cc2)cc1. The molecule has 5 aromatic rings. The molecule has 0 aliphatic carbocycles. The molecule has 39 heavy (non-hydrogen) atoms. The van der Waals surface area contributed by atoms with Crippen molar-refractivity contribution in [3.8, 4) is 34.0 Å². The summed E-state index contributed by atoms with van der Waals surface area (Å²) in [5.74, 6) is -0.650. The summed E-state index contributed by atoms with van der Waals surface area (Å²) in [7, 11) is 0. The third kappa shape index (κ3) is 6.02. The van der Waals surface area contributed by atoms with Gasteiger partial charge in [-0.05, 0) is 60.0 Å². The average molecular weight is 519 g/mol. The van der Waals surface area contributed by atoms with Crippen LogP contribution in [-0.4, -0.2) is 38.6 Å². The van der Waals surface area contributed by atoms with Crippen molar-refractivity contribution in [2.45, 2.75) is 13.5 Å². The fourth-order valence-corrected chi connectivity index (χ4v) is 4.16. The number of nitrogens with two attached hydrogens (primary N) is 1. The summed E-state index contributed by atoms with van der Waals surface area (Å²) in [5.41, 5.74) is 12.4. The second-order valence-corrected chi connectivity index (χ2v) is 9.24. The molecule has 0 fully saturated rings. The molecule has 0 unspecified atom stereocenters. The largest absolute Gasteiger partial charge is 0.480 e. The molecule has 0 spiro atoms. The first kappa shape index (κ1) is 25.4. The zero-order valence-corrected chi connectivity index (χ0v) is 21.2. The van der Waals surface area contributed by atoms with Crippen LogP contribution in [0.3, 0.4) is 0 Å². The van der Waals surface area contributed by atoms with Gasteiger partial charge in [-0.3, -0.25) is 9.59 Å². The molecule has 0 atom stereocenters. The second-order valence-electron chi connectivity index (χ2n) is 9.24. The van der Waals surface area contributed by atoms with E-state index in [9.17, 15) is 14.7 Å². The Hall–Kier alpha value is -5.24. The van der Waals surface area contributed by atoms with Crippen molar-refractivity contribution in [2.75, 3.05) is 12.3 Å². The molecule has 0 radical (unpaired) electrons. The average Bonchev–Trinajstić information content (AvgIpc) is 3.44. The molecule has 3 N–H and O–H groups in total. The molecular weight excluding hydrogens is 492 g/mol. The molecule has 8 nitrogen and oxygen atoms in total. The van der Waals surface area contributed by atoms with Crippen LogP contribution in [0.5, 0.6) is 0 Å². The summed E-state index contributed by atoms with van der Waals surface area (Å²) >= 11 is 0. The minimum Gasteiger partial charge on any atom is -0.480 e. The Kier molecular flexibility index (Phi) is 7.18. The van der Waals surface area contributed by atoms with E-state index in [4.69, 9.17) is 10.3 Å². The van der Waals surface area contributed by atoms with Gasteiger partial charge >= 0.3 is 5.97 Å². The van der Waals surface area contributed by atoms with Crippen molar-refractivity contribution in [3.05, 3.63) is 114 Å². The van der Waals surface area contributed by atoms with Gasteiger partial charge in [-0.15, -0.1) is 0 Å². The highest BCUT2D eigenvalue weighted by Crippen LogP contribution is 2.26. The van der Waals surface area contributed by atoms with Crippen LogP contribution in [0.1, 0.15) is 21.5 Å². The Balaban J connectivity index is 1.29. The molecule has 4 aromatic carbocycles. The van der Waals surface area contributed by atoms with Crippen LogP contribution < -0.4 is 5.73 Å². The van der Waals surface area contributed by atoms with Gasteiger partial charge in [-0.2, -0.15) is 4.98 Å². The first-order valence-electron chi connectivity index (χ1n) is 12.3. The number of nitrogen functional groups attached to an aromatic ring is 1. The molecule has 194 valence electrons. The normalized spacial score (nSPS) is 10.8. The second kappa shape index (κ2) is 11.0. The van der Waals surface area contributed by atoms with E-state index in [1.165, 1.54) is 10.5 Å². The summed E-state index contributed by atoms with van der Waals surface area (Å²) in [5, 5.41) is 13.5. The number of hydrogen-bond acceptors (Lipinski definition) is 6. The quantitative estimate of drug-likeness (QED) is 0.253. The summed E-state index contributed by atoms with van der Waals surface area (Å²) in [4.78, 5) is 30.1. The summed E-state index contributed by atoms with van der Waals surface area (Å²) in [6.07, 6.45) is 0. The Morgan fingerprint density at radius 1 is 0.795 bits per heavy atom. The van der Waals surface area contributed by atoms with Gasteiger partial charge in [0.2, 0.25) is 5.82 Å². The third-order valence-electron chi connectivity index (χ3n) is 6.30. The van der Waals surface area contributed by atoms with E-state index in [1.807, 2.05) is 24.3 Å². The number of amides is 1. The molecule has 1 aromatic heterocycles. The van der Waals surface area contributed by atoms with Crippen LogP contribution >= 0.6 is 0 Å². The molecule has 1 amide bonds. The Labute approximate surface area is 225 Å². The maximum absolute atomic E-state index is 12.9. The lowest BCUT2D eigenvalue weighted by molar-refractivity contribution is -0.137. The maximum Gasteiger partial charge on any atom is 0.323 e. The van der Waals surface area contributed by atoms with Crippen molar-refractivity contribution in [1.29, 1.82) is 0 Å². The number of nitrogens with zero attached hydrogens (tertiary/aromatic N) is 3. The maximum atomic E-state index is 12.9. The van der Waals surface area contributed by atoms with E-state index < -0.39 is 18.4 Å². The van der Waals surface area contributed by atoms with Crippen LogP contribution in [0.25, 0.3) is 34.0 Å². The number of carboxylic acids is 1. The lowest BCUT2D eigenvalue weighted by atomic mass is 10.0. The molecular formula is C31H26N4O4. The van der Waals surface area contributed by atoms with E-state index >= 15 is 0 Å². The van der Waals surface area contributed by atoms with E-state index in [2.05, 4.69) is 41.3 Å². The Morgan fingerprint density at radius 3 is 1.97 bits per heavy atom. The van der Waals surface area contributed by atoms with Crippen molar-refractivity contribution < 1.29 is 19.2 Å². The predicted molar refractivity (Wildman–Crippen MR) is 149 cm³/mol. The number of carboxylic acid groups (broad SMARTS) is 1. The molecule has 0 saturated carbocycles. The lowest BCUT2D eigenvalue weighted by Crippen LogP contribution is -2.35. The Bertz CT molecular complexity index is 1590. The number of anilines is 1. The highest BCUT2D eigenvalue weighted by atomic mass is 16.5. The summed E-state index contributed by atoms with van der Waals surface area (Å²) < 4.78 is 5.50. The summed E-state index contributed by atoms with van der Waals surface area (Å²) in [6, 6.07) is 29.9. The highest BCUT2D eigenvalue weighted by molar-refractivity contribution is 5.96. The number of rotatable bonds is 8. The van der Waals surface area contributed by atoms with Gasteiger partial charge in [0.1, 0.15) is 6.54 Å². The zero-order chi connectivity index (χ0) is 27.4. The molecule has 0 saturated heterocycles. The van der Waals surface area contributed by atoms with Crippen LogP contribution in [0, 0.1) is 6.92 Å². The van der Waals surface area contributed by atoms with Crippen LogP contribution in [0.4, 0.5) is 5.69 Å². The fourth-order valence-electron chi connectivity index (χ4n) is 4.16. The van der Waals surface area contributed by atoms with Crippen molar-refractivity contribution >= 4 is 17.6 Å². The smallest absolute Gasteiger partial charge is 0.323 e. The minimum absolute atomic E-state index is 0.123. The van der Waals surface area contributed by atoms with E-state index in [0.29, 0.717) is 28.5 Å². The fraction of sp³-hybridized carbons (Fsp3) is 0.0968. The third-order valence-corrected chi connectivity index (χ3v) is 6.30. The van der Waals surface area contributed by atoms with Crippen molar-refractivity contribution in [1.82, 2.24) is 15.0 Å². The molecule has 0 aliphatic heterocycles. The van der Waals surface area contributed by atoms with Gasteiger partial charge < -0.3 is 20.3 Å². The summed E-state index contributed by atoms with van der Waals surface area (Å²) in [6.45, 7) is 1.76. The number of carbonyl (C=O) groups excluding carboxylic acids is 1. The number of hydrogen-bond donors (Lipinski definition) is 2. The number of benzene rings is 4. The van der Waals surface area contributed by atoms with Crippen molar-refractivity contribution in [3.63, 3.8) is 0 Å². The van der Waals surface area contributed by atoms with Crippen LogP contribution in [0.15, 0.2) is 102 Å².